The van der Waals surface area contributed by atoms with Gasteiger partial charge in [-0.3, -0.25) is 14.9 Å². The molecule has 2 aliphatic heterocycles. The van der Waals surface area contributed by atoms with Crippen LogP contribution in [0, 0.1) is 27.9 Å². The van der Waals surface area contributed by atoms with Crippen molar-refractivity contribution in [3.63, 3.8) is 0 Å². The van der Waals surface area contributed by atoms with Crippen LogP contribution in [0.3, 0.4) is 0 Å². The first kappa shape index (κ1) is 22.8. The number of hydrogen-bond donors (Lipinski definition) is 1. The summed E-state index contributed by atoms with van der Waals surface area (Å²) in [6.07, 6.45) is 9.97. The molecule has 1 fully saturated rings. The molecular weight excluding hydrogens is 460 g/mol. The zero-order chi connectivity index (χ0) is 25.2. The molecule has 186 valence electrons. The van der Waals surface area contributed by atoms with Crippen molar-refractivity contribution in [2.75, 3.05) is 18.1 Å². The Labute approximate surface area is 209 Å². The molecule has 2 bridgehead atoms. The summed E-state index contributed by atoms with van der Waals surface area (Å²) in [5.41, 5.74) is 0.858. The Balaban J connectivity index is 1.34. The number of carbonyl (C=O) groups excluding carboxylic acids is 1. The van der Waals surface area contributed by atoms with E-state index in [9.17, 15) is 20.0 Å². The molecule has 0 radical (unpaired) electrons. The van der Waals surface area contributed by atoms with Gasteiger partial charge in [-0.2, -0.15) is 0 Å². The maximum Gasteiger partial charge on any atom is 0.314 e. The van der Waals surface area contributed by atoms with Crippen LogP contribution in [0.15, 0.2) is 54.6 Å². The molecule has 2 aromatic rings. The van der Waals surface area contributed by atoms with Crippen LogP contribution < -0.4 is 14.4 Å². The van der Waals surface area contributed by atoms with Crippen LogP contribution in [0.1, 0.15) is 37.8 Å². The Morgan fingerprint density at radius 2 is 2.06 bits per heavy atom. The lowest BCUT2D eigenvalue weighted by atomic mass is 9.76. The van der Waals surface area contributed by atoms with Gasteiger partial charge in [-0.1, -0.05) is 12.2 Å². The molecule has 0 amide bonds. The van der Waals surface area contributed by atoms with Crippen molar-refractivity contribution >= 4 is 23.4 Å². The Bertz CT molecular complexity index is 1330. The fourth-order valence-electron chi connectivity index (χ4n) is 6.41. The first-order valence-corrected chi connectivity index (χ1v) is 12.3. The highest BCUT2D eigenvalue weighted by atomic mass is 16.6. The van der Waals surface area contributed by atoms with E-state index >= 15 is 0 Å². The van der Waals surface area contributed by atoms with Crippen molar-refractivity contribution < 1.29 is 24.3 Å². The van der Waals surface area contributed by atoms with Crippen LogP contribution in [0.25, 0.3) is 6.08 Å². The number of benzene rings is 2. The molecule has 4 unspecified atom stereocenters. The number of β-amino-alcohol motifs (C(OH)–C–C–N with tert-alkyl or cyclic N) is 1. The number of aliphatic hydroxyl groups excluding tert-OH is 1. The number of anilines is 1. The Kier molecular flexibility index (Phi) is 5.02. The molecule has 8 nitrogen and oxygen atoms in total. The summed E-state index contributed by atoms with van der Waals surface area (Å²) in [6.45, 7) is 4.34. The van der Waals surface area contributed by atoms with E-state index in [-0.39, 0.29) is 30.1 Å². The summed E-state index contributed by atoms with van der Waals surface area (Å²) >= 11 is 0. The molecule has 0 aromatic heterocycles. The van der Waals surface area contributed by atoms with Gasteiger partial charge in [0.05, 0.1) is 22.9 Å². The summed E-state index contributed by atoms with van der Waals surface area (Å²) < 4.78 is 12.5. The molecule has 6 rings (SSSR count). The van der Waals surface area contributed by atoms with Crippen LogP contribution in [-0.4, -0.2) is 34.9 Å². The first-order chi connectivity index (χ1) is 17.2. The normalized spacial score (nSPS) is 28.2. The third-order valence-corrected chi connectivity index (χ3v) is 8.31. The third kappa shape index (κ3) is 3.20. The molecule has 36 heavy (non-hydrogen) atoms. The largest absolute Gasteiger partial charge is 0.463 e. The van der Waals surface area contributed by atoms with Crippen molar-refractivity contribution in [1.29, 1.82) is 0 Å². The van der Waals surface area contributed by atoms with Crippen LogP contribution in [0.5, 0.6) is 11.5 Å². The van der Waals surface area contributed by atoms with Gasteiger partial charge in [-0.25, -0.2) is 0 Å². The Morgan fingerprint density at radius 3 is 2.75 bits per heavy atom. The van der Waals surface area contributed by atoms with Crippen LogP contribution in [0.2, 0.25) is 0 Å². The minimum absolute atomic E-state index is 0.00318. The number of aliphatic hydroxyl groups is 1. The van der Waals surface area contributed by atoms with E-state index < -0.39 is 16.1 Å². The van der Waals surface area contributed by atoms with E-state index in [4.69, 9.17) is 9.47 Å². The monoisotopic (exact) mass is 488 g/mol. The highest BCUT2D eigenvalue weighted by Gasteiger charge is 2.59. The average Bonchev–Trinajstić information content (AvgIpc) is 3.54. The second-order valence-electron chi connectivity index (χ2n) is 10.6. The predicted octanol–water partition coefficient (Wildman–Crippen LogP) is 4.60. The van der Waals surface area contributed by atoms with Crippen molar-refractivity contribution in [1.82, 2.24) is 0 Å². The quantitative estimate of drug-likeness (QED) is 0.216. The lowest BCUT2D eigenvalue weighted by Gasteiger charge is -2.47. The van der Waals surface area contributed by atoms with E-state index in [2.05, 4.69) is 26.0 Å². The van der Waals surface area contributed by atoms with Gasteiger partial charge in [0.25, 0.3) is 5.69 Å². The fraction of sp³-hybridized carbons (Fsp3) is 0.393. The molecule has 4 atom stereocenters. The van der Waals surface area contributed by atoms with E-state index in [1.807, 2.05) is 29.2 Å². The molecule has 8 heteroatoms. The zero-order valence-corrected chi connectivity index (χ0v) is 20.2. The lowest BCUT2D eigenvalue weighted by Crippen LogP contribution is -2.60. The minimum Gasteiger partial charge on any atom is -0.463 e. The number of esters is 1. The van der Waals surface area contributed by atoms with E-state index in [1.165, 1.54) is 12.1 Å². The Hall–Kier alpha value is -3.65. The van der Waals surface area contributed by atoms with E-state index in [0.29, 0.717) is 29.5 Å². The zero-order valence-electron chi connectivity index (χ0n) is 20.2. The first-order valence-electron chi connectivity index (χ1n) is 12.3. The maximum atomic E-state index is 13.0. The van der Waals surface area contributed by atoms with Gasteiger partial charge in [-0.15, -0.1) is 0 Å². The fourth-order valence-corrected chi connectivity index (χ4v) is 6.41. The molecule has 2 aliphatic carbocycles. The van der Waals surface area contributed by atoms with E-state index in [1.54, 1.807) is 12.1 Å². The van der Waals surface area contributed by atoms with Gasteiger partial charge in [0, 0.05) is 29.9 Å². The van der Waals surface area contributed by atoms with Crippen LogP contribution >= 0.6 is 0 Å². The average molecular weight is 489 g/mol. The number of hydrogen-bond acceptors (Lipinski definition) is 7. The van der Waals surface area contributed by atoms with Crippen LogP contribution in [0.4, 0.5) is 11.4 Å². The number of carbonyl (C=O) groups is 1. The maximum absolute atomic E-state index is 13.0. The van der Waals surface area contributed by atoms with Crippen molar-refractivity contribution in [3.8, 4) is 11.5 Å². The second-order valence-corrected chi connectivity index (χ2v) is 10.6. The molecular formula is C28H28N2O6. The molecule has 1 N–H and O–H groups in total. The second kappa shape index (κ2) is 7.93. The lowest BCUT2D eigenvalue weighted by molar-refractivity contribution is -0.384. The van der Waals surface area contributed by atoms with Gasteiger partial charge < -0.3 is 19.5 Å². The summed E-state index contributed by atoms with van der Waals surface area (Å²) in [4.78, 5) is 25.8. The van der Waals surface area contributed by atoms with Gasteiger partial charge in [0.2, 0.25) is 5.72 Å². The SMILES string of the molecule is CC1(C)c2cc(OC(=O)C3CC4C=CC3C4)ccc2N(CCO)C12C=Cc1cc([N+](=O)[O-])ccc1O2. The number of fused-ring (bicyclic) bond motifs is 4. The van der Waals surface area contributed by atoms with Gasteiger partial charge in [0.1, 0.15) is 11.5 Å². The summed E-state index contributed by atoms with van der Waals surface area (Å²) in [5.74, 6) is 1.50. The highest BCUT2D eigenvalue weighted by Crippen LogP contribution is 2.56. The number of allylic oxidation sites excluding steroid dienone is 2. The molecule has 4 aliphatic rings. The summed E-state index contributed by atoms with van der Waals surface area (Å²) in [7, 11) is 0. The standard InChI is InChI=1S/C28H28N2O6/c1-27(2)23-16-21(35-26(32)22-14-17-3-4-18(22)13-17)6-7-24(23)29(11-12-31)28(27)10-9-19-15-20(30(33)34)5-8-25(19)36-28/h3-10,15-18,22,31H,11-14H2,1-2H3. The molecule has 0 saturated heterocycles. The van der Waals surface area contributed by atoms with Crippen molar-refractivity contribution in [3.05, 3.63) is 75.9 Å². The van der Waals surface area contributed by atoms with Gasteiger partial charge >= 0.3 is 5.97 Å². The van der Waals surface area contributed by atoms with E-state index in [0.717, 1.165) is 24.1 Å². The number of nitro benzene ring substituents is 1. The molecule has 2 aromatic carbocycles. The van der Waals surface area contributed by atoms with Crippen molar-refractivity contribution in [2.24, 2.45) is 17.8 Å². The summed E-state index contributed by atoms with van der Waals surface area (Å²) in [6, 6.07) is 10.1. The highest BCUT2D eigenvalue weighted by molar-refractivity contribution is 5.78. The van der Waals surface area contributed by atoms with Crippen molar-refractivity contribution in [2.45, 2.75) is 37.8 Å². The minimum atomic E-state index is -0.973. The summed E-state index contributed by atoms with van der Waals surface area (Å²) in [5, 5.41) is 21.1. The topological polar surface area (TPSA) is 102 Å². The number of ether oxygens (including phenoxy) is 2. The molecule has 2 heterocycles. The molecule has 1 spiro atoms. The van der Waals surface area contributed by atoms with Crippen LogP contribution in [-0.2, 0) is 10.2 Å². The predicted molar refractivity (Wildman–Crippen MR) is 134 cm³/mol. The number of rotatable bonds is 5. The number of non-ortho nitro benzene ring substituents is 1. The number of nitrogens with zero attached hydrogens (tertiary/aromatic N) is 2. The smallest absolute Gasteiger partial charge is 0.314 e. The molecule has 1 saturated carbocycles. The Morgan fingerprint density at radius 1 is 1.22 bits per heavy atom. The number of nitro groups is 1. The van der Waals surface area contributed by atoms with Gasteiger partial charge in [-0.05, 0) is 80.5 Å². The van der Waals surface area contributed by atoms with Gasteiger partial charge in [0.15, 0.2) is 0 Å². The third-order valence-electron chi connectivity index (χ3n) is 8.31.